The van der Waals surface area contributed by atoms with Crippen molar-refractivity contribution < 1.29 is 24.5 Å². The summed E-state index contributed by atoms with van der Waals surface area (Å²) in [5.41, 5.74) is 1.11. The number of methoxy groups -OCH3 is 1. The van der Waals surface area contributed by atoms with E-state index < -0.39 is 17.7 Å². The average Bonchev–Trinajstić information content (AvgIpc) is 2.93. The van der Waals surface area contributed by atoms with E-state index in [-0.39, 0.29) is 24.5 Å². The van der Waals surface area contributed by atoms with Crippen LogP contribution in [-0.2, 0) is 9.59 Å². The second kappa shape index (κ2) is 7.41. The van der Waals surface area contributed by atoms with E-state index in [0.29, 0.717) is 16.9 Å². The quantitative estimate of drug-likeness (QED) is 0.488. The Morgan fingerprint density at radius 1 is 1.08 bits per heavy atom. The third-order valence-electron chi connectivity index (χ3n) is 4.36. The molecule has 1 fully saturated rings. The molecule has 0 aliphatic carbocycles. The molecule has 0 spiro atoms. The van der Waals surface area contributed by atoms with Crippen LogP contribution in [0.25, 0.3) is 5.76 Å². The van der Waals surface area contributed by atoms with Gasteiger partial charge in [-0.3, -0.25) is 9.59 Å². The second-order valence-electron chi connectivity index (χ2n) is 5.86. The molecular formula is C20H19NO5. The van der Waals surface area contributed by atoms with Gasteiger partial charge in [0.2, 0.25) is 0 Å². The smallest absolute Gasteiger partial charge is 0.295 e. The van der Waals surface area contributed by atoms with Gasteiger partial charge in [0.25, 0.3) is 11.7 Å². The summed E-state index contributed by atoms with van der Waals surface area (Å²) in [4.78, 5) is 26.3. The number of carbonyl (C=O) groups excluding carboxylic acids is 2. The first-order chi connectivity index (χ1) is 12.6. The van der Waals surface area contributed by atoms with Gasteiger partial charge in [0.1, 0.15) is 11.5 Å². The zero-order valence-corrected chi connectivity index (χ0v) is 14.3. The van der Waals surface area contributed by atoms with Crippen molar-refractivity contribution in [3.63, 3.8) is 0 Å². The number of ether oxygens (including phenoxy) is 1. The van der Waals surface area contributed by atoms with Crippen molar-refractivity contribution in [1.29, 1.82) is 0 Å². The molecule has 2 aromatic rings. The van der Waals surface area contributed by atoms with Crippen LogP contribution in [0, 0.1) is 0 Å². The monoisotopic (exact) mass is 353 g/mol. The lowest BCUT2D eigenvalue weighted by Crippen LogP contribution is -2.32. The van der Waals surface area contributed by atoms with Gasteiger partial charge < -0.3 is 19.8 Å². The number of Topliss-reactive ketones (excluding diaryl/α,β-unsaturated/α-hetero) is 1. The number of carbonyl (C=O) groups is 2. The molecule has 1 heterocycles. The lowest BCUT2D eigenvalue weighted by Gasteiger charge is -2.24. The summed E-state index contributed by atoms with van der Waals surface area (Å²) in [7, 11) is 1.54. The van der Waals surface area contributed by atoms with Crippen molar-refractivity contribution in [3.05, 3.63) is 71.3 Å². The predicted octanol–water partition coefficient (Wildman–Crippen LogP) is 2.11. The number of aliphatic hydroxyl groups is 2. The summed E-state index contributed by atoms with van der Waals surface area (Å²) in [5.74, 6) is -1.10. The minimum atomic E-state index is -0.770. The molecule has 1 saturated heterocycles. The molecule has 2 aromatic carbocycles. The molecule has 0 radical (unpaired) electrons. The van der Waals surface area contributed by atoms with E-state index in [0.717, 1.165) is 0 Å². The first-order valence-electron chi connectivity index (χ1n) is 8.17. The van der Waals surface area contributed by atoms with Crippen LogP contribution in [0.4, 0.5) is 0 Å². The van der Waals surface area contributed by atoms with Crippen LogP contribution < -0.4 is 4.74 Å². The minimum absolute atomic E-state index is 0.00710. The standard InChI is InChI=1S/C20H19NO5/c1-26-15-9-7-13(8-10-15)17-16(18(23)14-5-3-2-4-6-14)19(24)20(25)21(17)11-12-22/h2-10,17,22-23H,11-12H2,1H3/t17-/m1/s1. The Morgan fingerprint density at radius 3 is 2.31 bits per heavy atom. The third-order valence-corrected chi connectivity index (χ3v) is 4.36. The van der Waals surface area contributed by atoms with Gasteiger partial charge in [0.15, 0.2) is 0 Å². The second-order valence-corrected chi connectivity index (χ2v) is 5.86. The number of aliphatic hydroxyl groups excluding tert-OH is 2. The molecule has 26 heavy (non-hydrogen) atoms. The van der Waals surface area contributed by atoms with Gasteiger partial charge >= 0.3 is 0 Å². The minimum Gasteiger partial charge on any atom is -0.507 e. The van der Waals surface area contributed by atoms with Crippen molar-refractivity contribution in [2.75, 3.05) is 20.3 Å². The SMILES string of the molecule is COc1ccc([C@@H]2C(=C(O)c3ccccc3)C(=O)C(=O)N2CCO)cc1. The molecule has 6 nitrogen and oxygen atoms in total. The Kier molecular flexibility index (Phi) is 5.04. The topological polar surface area (TPSA) is 87.1 Å². The maximum atomic E-state index is 12.6. The van der Waals surface area contributed by atoms with Gasteiger partial charge in [-0.1, -0.05) is 42.5 Å². The number of nitrogens with zero attached hydrogens (tertiary/aromatic N) is 1. The molecule has 0 saturated carbocycles. The first kappa shape index (κ1) is 17.7. The van der Waals surface area contributed by atoms with Crippen molar-refractivity contribution in [2.45, 2.75) is 6.04 Å². The van der Waals surface area contributed by atoms with Crippen LogP contribution >= 0.6 is 0 Å². The fraction of sp³-hybridized carbons (Fsp3) is 0.200. The Bertz CT molecular complexity index is 842. The van der Waals surface area contributed by atoms with Crippen molar-refractivity contribution in [1.82, 2.24) is 4.90 Å². The molecule has 1 atom stereocenters. The highest BCUT2D eigenvalue weighted by molar-refractivity contribution is 6.46. The number of hydrogen-bond donors (Lipinski definition) is 2. The van der Waals surface area contributed by atoms with Crippen LogP contribution in [0.3, 0.4) is 0 Å². The number of amides is 1. The summed E-state index contributed by atoms with van der Waals surface area (Å²) in [6, 6.07) is 14.7. The molecule has 0 unspecified atom stereocenters. The normalized spacial score (nSPS) is 19.0. The van der Waals surface area contributed by atoms with E-state index in [2.05, 4.69) is 0 Å². The summed E-state index contributed by atoms with van der Waals surface area (Å²) in [5, 5.41) is 20.0. The van der Waals surface area contributed by atoms with Crippen LogP contribution in [0.5, 0.6) is 5.75 Å². The van der Waals surface area contributed by atoms with Gasteiger partial charge in [-0.25, -0.2) is 0 Å². The zero-order valence-electron chi connectivity index (χ0n) is 14.3. The molecule has 0 bridgehead atoms. The Labute approximate surface area is 150 Å². The number of likely N-dealkylation sites (tertiary alicyclic amines) is 1. The molecule has 6 heteroatoms. The first-order valence-corrected chi connectivity index (χ1v) is 8.17. The number of β-amino-alcohol motifs (C(OH)–C–C–N with tert-alkyl or cyclic N) is 1. The largest absolute Gasteiger partial charge is 0.507 e. The Balaban J connectivity index is 2.15. The lowest BCUT2D eigenvalue weighted by atomic mass is 9.95. The summed E-state index contributed by atoms with van der Waals surface area (Å²) in [6.07, 6.45) is 0. The highest BCUT2D eigenvalue weighted by Crippen LogP contribution is 2.39. The molecule has 1 aliphatic heterocycles. The highest BCUT2D eigenvalue weighted by Gasteiger charge is 2.45. The molecule has 3 rings (SSSR count). The maximum Gasteiger partial charge on any atom is 0.295 e. The van der Waals surface area contributed by atoms with E-state index in [1.54, 1.807) is 61.7 Å². The highest BCUT2D eigenvalue weighted by atomic mass is 16.5. The van der Waals surface area contributed by atoms with Gasteiger partial charge in [0, 0.05) is 12.1 Å². The van der Waals surface area contributed by atoms with Gasteiger partial charge in [-0.05, 0) is 17.7 Å². The number of benzene rings is 2. The fourth-order valence-corrected chi connectivity index (χ4v) is 3.10. The molecule has 0 aromatic heterocycles. The van der Waals surface area contributed by atoms with Crippen molar-refractivity contribution in [3.8, 4) is 5.75 Å². The van der Waals surface area contributed by atoms with Crippen molar-refractivity contribution in [2.24, 2.45) is 0 Å². The average molecular weight is 353 g/mol. The van der Waals surface area contributed by atoms with E-state index in [4.69, 9.17) is 4.74 Å². The molecule has 2 N–H and O–H groups in total. The zero-order chi connectivity index (χ0) is 18.7. The third kappa shape index (κ3) is 3.07. The molecular weight excluding hydrogens is 334 g/mol. The Hall–Kier alpha value is -3.12. The number of ketones is 1. The number of rotatable bonds is 5. The van der Waals surface area contributed by atoms with Crippen molar-refractivity contribution >= 4 is 17.4 Å². The summed E-state index contributed by atoms with van der Waals surface area (Å²) >= 11 is 0. The van der Waals surface area contributed by atoms with E-state index in [1.807, 2.05) is 0 Å². The van der Waals surface area contributed by atoms with Crippen LogP contribution in [0.15, 0.2) is 60.2 Å². The van der Waals surface area contributed by atoms with Crippen LogP contribution in [-0.4, -0.2) is 47.1 Å². The molecule has 1 aliphatic rings. The predicted molar refractivity (Wildman–Crippen MR) is 95.5 cm³/mol. The van der Waals surface area contributed by atoms with Crippen LogP contribution in [0.1, 0.15) is 17.2 Å². The van der Waals surface area contributed by atoms with Gasteiger partial charge in [-0.15, -0.1) is 0 Å². The maximum absolute atomic E-state index is 12.6. The fourth-order valence-electron chi connectivity index (χ4n) is 3.10. The van der Waals surface area contributed by atoms with Crippen LogP contribution in [0.2, 0.25) is 0 Å². The molecule has 1 amide bonds. The Morgan fingerprint density at radius 2 is 1.73 bits per heavy atom. The van der Waals surface area contributed by atoms with E-state index >= 15 is 0 Å². The number of hydrogen-bond acceptors (Lipinski definition) is 5. The van der Waals surface area contributed by atoms with Gasteiger partial charge in [-0.2, -0.15) is 0 Å². The van der Waals surface area contributed by atoms with E-state index in [9.17, 15) is 19.8 Å². The summed E-state index contributed by atoms with van der Waals surface area (Å²) < 4.78 is 5.14. The van der Waals surface area contributed by atoms with E-state index in [1.165, 1.54) is 4.90 Å². The molecule has 134 valence electrons. The van der Waals surface area contributed by atoms with Gasteiger partial charge in [0.05, 0.1) is 25.3 Å². The summed E-state index contributed by atoms with van der Waals surface area (Å²) in [6.45, 7) is -0.294. The lowest BCUT2D eigenvalue weighted by molar-refractivity contribution is -0.140.